The number of rotatable bonds is 19. The summed E-state index contributed by atoms with van der Waals surface area (Å²) in [5.74, 6) is 1.68. The minimum atomic E-state index is -0.381. The zero-order valence-corrected chi connectivity index (χ0v) is 32.9. The van der Waals surface area contributed by atoms with Gasteiger partial charge in [0.2, 0.25) is 0 Å². The fraction of sp³-hybridized carbons (Fsp3) is 0.659. The molecule has 1 saturated carbocycles. The molecule has 2 aromatic rings. The molecule has 0 N–H and O–H groups in total. The lowest BCUT2D eigenvalue weighted by Crippen LogP contribution is -2.60. The van der Waals surface area contributed by atoms with Crippen molar-refractivity contribution < 1.29 is 33.3 Å². The molecule has 8 nitrogen and oxygen atoms in total. The molecule has 1 aliphatic carbocycles. The highest BCUT2D eigenvalue weighted by Gasteiger charge is 2.44. The molecule has 0 radical (unpaired) electrons. The number of unbranched alkanes of at least 4 members (excludes halogenated alkanes) is 5. The fourth-order valence-corrected chi connectivity index (χ4v) is 7.95. The first-order chi connectivity index (χ1) is 24.9. The van der Waals surface area contributed by atoms with Crippen LogP contribution >= 0.6 is 0 Å². The average molecular weight is 720 g/mol. The van der Waals surface area contributed by atoms with Gasteiger partial charge in [-0.1, -0.05) is 44.7 Å². The van der Waals surface area contributed by atoms with Crippen LogP contribution in [0.15, 0.2) is 48.5 Å². The summed E-state index contributed by atoms with van der Waals surface area (Å²) in [6, 6.07) is 15.1. The van der Waals surface area contributed by atoms with Crippen LogP contribution in [0.25, 0.3) is 0 Å². The van der Waals surface area contributed by atoms with Crippen molar-refractivity contribution in [1.29, 1.82) is 0 Å². The summed E-state index contributed by atoms with van der Waals surface area (Å²) < 4.78 is 22.6. The number of benzene rings is 2. The zero-order valence-electron chi connectivity index (χ0n) is 32.9. The molecule has 0 spiro atoms. The SMILES string of the molecule is CCCCCC1CCC(c2ccc(OC(=O)c3ccc(OCCCCCCOC(=O)CCC(=O)OC4CC(C)(C)N(C)C(C)(C)C4)cc3)cc2)CC1. The van der Waals surface area contributed by atoms with Crippen molar-refractivity contribution in [1.82, 2.24) is 4.90 Å². The monoisotopic (exact) mass is 719 g/mol. The number of hydrogen-bond acceptors (Lipinski definition) is 8. The third-order valence-corrected chi connectivity index (χ3v) is 11.4. The Kier molecular flexibility index (Phi) is 16.0. The number of carbonyl (C=O) groups is 3. The Morgan fingerprint density at radius 2 is 1.31 bits per heavy atom. The van der Waals surface area contributed by atoms with Crippen LogP contribution in [-0.4, -0.2) is 60.3 Å². The molecule has 52 heavy (non-hydrogen) atoms. The van der Waals surface area contributed by atoms with Crippen molar-refractivity contribution in [3.05, 3.63) is 59.7 Å². The van der Waals surface area contributed by atoms with Gasteiger partial charge in [-0.15, -0.1) is 0 Å². The van der Waals surface area contributed by atoms with Crippen LogP contribution in [0.1, 0.15) is 159 Å². The first-order valence-corrected chi connectivity index (χ1v) is 20.0. The van der Waals surface area contributed by atoms with Gasteiger partial charge in [-0.2, -0.15) is 0 Å². The maximum atomic E-state index is 12.8. The van der Waals surface area contributed by atoms with E-state index in [0.717, 1.165) is 44.4 Å². The van der Waals surface area contributed by atoms with Gasteiger partial charge in [0.15, 0.2) is 0 Å². The standard InChI is InChI=1S/C44H65NO7/c1-7-8-11-14-33-15-17-34(18-16-33)35-19-25-38(26-20-35)52-42(48)36-21-23-37(24-22-36)49-29-12-9-10-13-30-50-40(46)27-28-41(47)51-39-31-43(2,3)45(6)44(4,5)32-39/h19-26,33-34,39H,7-18,27-32H2,1-6H3. The minimum Gasteiger partial charge on any atom is -0.494 e. The average Bonchev–Trinajstić information content (AvgIpc) is 3.11. The smallest absolute Gasteiger partial charge is 0.343 e. The molecule has 8 heteroatoms. The Labute approximate surface area is 313 Å². The van der Waals surface area contributed by atoms with Gasteiger partial charge in [0.1, 0.15) is 17.6 Å². The summed E-state index contributed by atoms with van der Waals surface area (Å²) in [6.45, 7) is 11.8. The lowest BCUT2D eigenvalue weighted by molar-refractivity contribution is -0.161. The Hall–Kier alpha value is -3.39. The number of hydrogen-bond donors (Lipinski definition) is 0. The third-order valence-electron chi connectivity index (χ3n) is 11.4. The van der Waals surface area contributed by atoms with Crippen molar-refractivity contribution in [3.63, 3.8) is 0 Å². The molecular formula is C44H65NO7. The number of piperidine rings is 1. The van der Waals surface area contributed by atoms with E-state index in [9.17, 15) is 14.4 Å². The highest BCUT2D eigenvalue weighted by Crippen LogP contribution is 2.39. The van der Waals surface area contributed by atoms with Crippen molar-refractivity contribution in [2.75, 3.05) is 20.3 Å². The third kappa shape index (κ3) is 13.2. The van der Waals surface area contributed by atoms with Gasteiger partial charge >= 0.3 is 17.9 Å². The molecule has 0 amide bonds. The van der Waals surface area contributed by atoms with Gasteiger partial charge in [-0.3, -0.25) is 14.5 Å². The molecule has 0 atom stereocenters. The first kappa shape index (κ1) is 41.4. The second-order valence-electron chi connectivity index (χ2n) is 16.4. The highest BCUT2D eigenvalue weighted by molar-refractivity contribution is 5.91. The van der Waals surface area contributed by atoms with Crippen LogP contribution in [-0.2, 0) is 19.1 Å². The van der Waals surface area contributed by atoms with Crippen LogP contribution in [0.5, 0.6) is 11.5 Å². The van der Waals surface area contributed by atoms with Crippen molar-refractivity contribution in [3.8, 4) is 11.5 Å². The lowest BCUT2D eigenvalue weighted by Gasteiger charge is -2.53. The normalized spacial score (nSPS) is 20.2. The van der Waals surface area contributed by atoms with E-state index >= 15 is 0 Å². The van der Waals surface area contributed by atoms with Crippen molar-refractivity contribution in [2.45, 2.75) is 160 Å². The molecule has 2 aromatic carbocycles. The van der Waals surface area contributed by atoms with E-state index in [4.69, 9.17) is 18.9 Å². The second kappa shape index (κ2) is 20.2. The van der Waals surface area contributed by atoms with E-state index in [-0.39, 0.29) is 47.9 Å². The Morgan fingerprint density at radius 3 is 1.94 bits per heavy atom. The molecule has 2 aliphatic rings. The molecule has 4 rings (SSSR count). The second-order valence-corrected chi connectivity index (χ2v) is 16.4. The fourth-order valence-electron chi connectivity index (χ4n) is 7.95. The maximum absolute atomic E-state index is 12.8. The molecule has 0 unspecified atom stereocenters. The predicted octanol–water partition coefficient (Wildman–Crippen LogP) is 10.2. The van der Waals surface area contributed by atoms with E-state index in [2.05, 4.69) is 58.7 Å². The van der Waals surface area contributed by atoms with Gasteiger partial charge in [0, 0.05) is 23.9 Å². The van der Waals surface area contributed by atoms with E-state index in [1.54, 1.807) is 24.3 Å². The summed E-state index contributed by atoms with van der Waals surface area (Å²) in [5.41, 5.74) is 1.69. The highest BCUT2D eigenvalue weighted by atomic mass is 16.5. The van der Waals surface area contributed by atoms with E-state index < -0.39 is 0 Å². The maximum Gasteiger partial charge on any atom is 0.343 e. The van der Waals surface area contributed by atoms with Crippen LogP contribution in [0.2, 0.25) is 0 Å². The zero-order chi connectivity index (χ0) is 37.6. The summed E-state index contributed by atoms with van der Waals surface area (Å²) >= 11 is 0. The van der Waals surface area contributed by atoms with Crippen molar-refractivity contribution >= 4 is 17.9 Å². The molecule has 0 aromatic heterocycles. The lowest BCUT2D eigenvalue weighted by atomic mass is 9.77. The molecule has 1 aliphatic heterocycles. The number of esters is 3. The van der Waals surface area contributed by atoms with Crippen LogP contribution in [0, 0.1) is 5.92 Å². The molecule has 288 valence electrons. The molecular weight excluding hydrogens is 654 g/mol. The van der Waals surface area contributed by atoms with Crippen molar-refractivity contribution in [2.24, 2.45) is 5.92 Å². The number of nitrogens with zero attached hydrogens (tertiary/aromatic N) is 1. The van der Waals surface area contributed by atoms with Gasteiger partial charge in [-0.25, -0.2) is 4.79 Å². The quantitative estimate of drug-likeness (QED) is 0.0805. The van der Waals surface area contributed by atoms with Crippen LogP contribution < -0.4 is 9.47 Å². The number of ether oxygens (including phenoxy) is 4. The first-order valence-electron chi connectivity index (χ1n) is 20.0. The Bertz CT molecular complexity index is 1370. The van der Waals surface area contributed by atoms with E-state index in [0.29, 0.717) is 36.2 Å². The molecule has 2 fully saturated rings. The summed E-state index contributed by atoms with van der Waals surface area (Å²) in [6.07, 6.45) is 15.5. The number of carbonyl (C=O) groups excluding carboxylic acids is 3. The molecule has 1 saturated heterocycles. The van der Waals surface area contributed by atoms with Gasteiger partial charge in [0.25, 0.3) is 0 Å². The Balaban J connectivity index is 1.02. The predicted molar refractivity (Wildman–Crippen MR) is 206 cm³/mol. The summed E-state index contributed by atoms with van der Waals surface area (Å²) in [4.78, 5) is 39.7. The number of likely N-dealkylation sites (tertiary alicyclic amines) is 1. The van der Waals surface area contributed by atoms with Gasteiger partial charge in [-0.05, 0) is 140 Å². The largest absolute Gasteiger partial charge is 0.494 e. The molecule has 1 heterocycles. The van der Waals surface area contributed by atoms with Crippen LogP contribution in [0.3, 0.4) is 0 Å². The topological polar surface area (TPSA) is 91.4 Å². The van der Waals surface area contributed by atoms with E-state index in [1.807, 2.05) is 12.1 Å². The van der Waals surface area contributed by atoms with E-state index in [1.165, 1.54) is 56.9 Å². The van der Waals surface area contributed by atoms with Gasteiger partial charge < -0.3 is 18.9 Å². The summed E-state index contributed by atoms with van der Waals surface area (Å²) in [5, 5.41) is 0. The Morgan fingerprint density at radius 1 is 0.712 bits per heavy atom. The van der Waals surface area contributed by atoms with Gasteiger partial charge in [0.05, 0.1) is 31.6 Å². The molecule has 0 bridgehead atoms. The minimum absolute atomic E-state index is 0.0375. The van der Waals surface area contributed by atoms with Crippen LogP contribution in [0.4, 0.5) is 0 Å². The summed E-state index contributed by atoms with van der Waals surface area (Å²) in [7, 11) is 2.11.